The van der Waals surface area contributed by atoms with Gasteiger partial charge in [-0.1, -0.05) is 30.3 Å². The van der Waals surface area contributed by atoms with Gasteiger partial charge >= 0.3 is 5.69 Å². The maximum Gasteiger partial charge on any atom is 0.353 e. The van der Waals surface area contributed by atoms with Gasteiger partial charge in [-0.2, -0.15) is 9.97 Å². The van der Waals surface area contributed by atoms with E-state index in [9.17, 15) is 10.1 Å². The summed E-state index contributed by atoms with van der Waals surface area (Å²) < 4.78 is 0. The highest BCUT2D eigenvalue weighted by atomic mass is 16.6. The molecule has 8 nitrogen and oxygen atoms in total. The van der Waals surface area contributed by atoms with Crippen molar-refractivity contribution in [2.75, 3.05) is 29.0 Å². The van der Waals surface area contributed by atoms with Crippen LogP contribution in [0.4, 0.5) is 23.3 Å². The van der Waals surface area contributed by atoms with Crippen molar-refractivity contribution in [1.29, 1.82) is 0 Å². The average molecular weight is 314 g/mol. The lowest BCUT2D eigenvalue weighted by Gasteiger charge is -2.17. The first-order chi connectivity index (χ1) is 11.1. The largest absolute Gasteiger partial charge is 0.378 e. The lowest BCUT2D eigenvalue weighted by molar-refractivity contribution is -0.383. The van der Waals surface area contributed by atoms with Crippen molar-refractivity contribution >= 4 is 23.3 Å². The summed E-state index contributed by atoms with van der Waals surface area (Å²) in [7, 11) is 0. The number of rotatable bonds is 5. The van der Waals surface area contributed by atoms with Crippen LogP contribution < -0.4 is 16.0 Å². The second kappa shape index (κ2) is 6.47. The summed E-state index contributed by atoms with van der Waals surface area (Å²) in [6, 6.07) is 9.77. The molecule has 0 aliphatic carbocycles. The van der Waals surface area contributed by atoms with Crippen LogP contribution in [-0.4, -0.2) is 28.0 Å². The van der Waals surface area contributed by atoms with Crippen LogP contribution in [0.1, 0.15) is 18.4 Å². The molecule has 1 aromatic heterocycles. The van der Waals surface area contributed by atoms with Crippen LogP contribution in [0.5, 0.6) is 0 Å². The van der Waals surface area contributed by atoms with E-state index in [1.165, 1.54) is 0 Å². The van der Waals surface area contributed by atoms with Crippen molar-refractivity contribution in [2.24, 2.45) is 0 Å². The molecule has 0 unspecified atom stereocenters. The molecule has 0 saturated carbocycles. The molecule has 1 aliphatic rings. The van der Waals surface area contributed by atoms with E-state index in [0.717, 1.165) is 31.5 Å². The summed E-state index contributed by atoms with van der Waals surface area (Å²) in [5, 5.41) is 14.4. The van der Waals surface area contributed by atoms with Crippen molar-refractivity contribution in [2.45, 2.75) is 19.4 Å². The summed E-state index contributed by atoms with van der Waals surface area (Å²) in [6.45, 7) is 2.02. The van der Waals surface area contributed by atoms with Crippen molar-refractivity contribution in [3.63, 3.8) is 0 Å². The number of nitrogens with two attached hydrogens (primary N) is 1. The van der Waals surface area contributed by atoms with Crippen LogP contribution in [0, 0.1) is 10.1 Å². The molecule has 0 radical (unpaired) electrons. The highest BCUT2D eigenvalue weighted by Gasteiger charge is 2.28. The number of benzene rings is 1. The van der Waals surface area contributed by atoms with E-state index in [1.54, 1.807) is 0 Å². The van der Waals surface area contributed by atoms with Gasteiger partial charge in [0.25, 0.3) is 0 Å². The first-order valence-electron chi connectivity index (χ1n) is 7.50. The Hall–Kier alpha value is -2.90. The van der Waals surface area contributed by atoms with Crippen molar-refractivity contribution in [1.82, 2.24) is 9.97 Å². The Bertz CT molecular complexity index is 701. The Kier molecular flexibility index (Phi) is 4.22. The minimum atomic E-state index is -0.510. The second-order valence-corrected chi connectivity index (χ2v) is 5.40. The van der Waals surface area contributed by atoms with E-state index < -0.39 is 4.92 Å². The molecule has 1 aliphatic heterocycles. The van der Waals surface area contributed by atoms with Gasteiger partial charge < -0.3 is 16.0 Å². The molecule has 8 heteroatoms. The molecule has 0 bridgehead atoms. The molecule has 3 N–H and O–H groups in total. The number of anilines is 3. The first-order valence-corrected chi connectivity index (χ1v) is 7.50. The van der Waals surface area contributed by atoms with Crippen LogP contribution in [0.3, 0.4) is 0 Å². The zero-order valence-corrected chi connectivity index (χ0v) is 12.6. The molecule has 1 aromatic carbocycles. The smallest absolute Gasteiger partial charge is 0.353 e. The normalized spacial score (nSPS) is 14.0. The van der Waals surface area contributed by atoms with Crippen LogP contribution in [0.15, 0.2) is 30.3 Å². The fraction of sp³-hybridized carbons (Fsp3) is 0.333. The lowest BCUT2D eigenvalue weighted by Crippen LogP contribution is -2.22. The Morgan fingerprint density at radius 1 is 1.22 bits per heavy atom. The minimum Gasteiger partial charge on any atom is -0.378 e. The third kappa shape index (κ3) is 3.31. The fourth-order valence-corrected chi connectivity index (χ4v) is 2.64. The molecular formula is C15H18N6O2. The molecule has 120 valence electrons. The van der Waals surface area contributed by atoms with Gasteiger partial charge in [0.15, 0.2) is 0 Å². The zero-order valence-electron chi connectivity index (χ0n) is 12.6. The highest BCUT2D eigenvalue weighted by Crippen LogP contribution is 2.33. The number of nitrogens with zero attached hydrogens (tertiary/aromatic N) is 4. The predicted octanol–water partition coefficient (Wildman–Crippen LogP) is 2.18. The van der Waals surface area contributed by atoms with Gasteiger partial charge in [-0.15, -0.1) is 0 Å². The Balaban J connectivity index is 1.87. The summed E-state index contributed by atoms with van der Waals surface area (Å²) >= 11 is 0. The van der Waals surface area contributed by atoms with Crippen molar-refractivity contribution in [3.8, 4) is 0 Å². The fourth-order valence-electron chi connectivity index (χ4n) is 2.64. The van der Waals surface area contributed by atoms with Gasteiger partial charge in [0, 0.05) is 19.6 Å². The molecule has 2 heterocycles. The maximum absolute atomic E-state index is 11.3. The number of hydrogen-bond acceptors (Lipinski definition) is 7. The topological polar surface area (TPSA) is 110 Å². The van der Waals surface area contributed by atoms with Crippen LogP contribution in [-0.2, 0) is 6.54 Å². The third-order valence-electron chi connectivity index (χ3n) is 3.77. The maximum atomic E-state index is 11.3. The van der Waals surface area contributed by atoms with Gasteiger partial charge in [0.2, 0.25) is 17.6 Å². The summed E-state index contributed by atoms with van der Waals surface area (Å²) in [6.07, 6.45) is 1.99. The van der Waals surface area contributed by atoms with Crippen LogP contribution in [0.25, 0.3) is 0 Å². The number of aromatic nitrogens is 2. The van der Waals surface area contributed by atoms with E-state index in [0.29, 0.717) is 18.3 Å². The SMILES string of the molecule is Nc1nc(NCc2ccccc2)nc(N2CCCC2)c1[N+](=O)[O-]. The number of nitrogen functional groups attached to an aromatic ring is 1. The van der Waals surface area contributed by atoms with Gasteiger partial charge in [-0.05, 0) is 18.4 Å². The van der Waals surface area contributed by atoms with Gasteiger partial charge in [0.1, 0.15) is 0 Å². The molecule has 2 aromatic rings. The molecule has 0 atom stereocenters. The number of hydrogen-bond donors (Lipinski definition) is 2. The molecule has 0 spiro atoms. The van der Waals surface area contributed by atoms with Crippen molar-refractivity contribution < 1.29 is 4.92 Å². The summed E-state index contributed by atoms with van der Waals surface area (Å²) in [5.74, 6) is 0.497. The van der Waals surface area contributed by atoms with Crippen molar-refractivity contribution in [3.05, 3.63) is 46.0 Å². The zero-order chi connectivity index (χ0) is 16.2. The van der Waals surface area contributed by atoms with E-state index in [4.69, 9.17) is 5.73 Å². The number of nitrogens with one attached hydrogen (secondary N) is 1. The predicted molar refractivity (Wildman–Crippen MR) is 88.3 cm³/mol. The molecule has 1 fully saturated rings. The minimum absolute atomic E-state index is 0.109. The van der Waals surface area contributed by atoms with E-state index in [-0.39, 0.29) is 11.5 Å². The molecule has 23 heavy (non-hydrogen) atoms. The standard InChI is InChI=1S/C15H18N6O2/c16-13-12(21(22)23)14(20-8-4-5-9-20)19-15(18-13)17-10-11-6-2-1-3-7-11/h1-3,6-7H,4-5,8-10H2,(H3,16,17,18,19). The van der Waals surface area contributed by atoms with E-state index in [2.05, 4.69) is 15.3 Å². The average Bonchev–Trinajstić information content (AvgIpc) is 3.07. The van der Waals surface area contributed by atoms with Gasteiger partial charge in [0.05, 0.1) is 4.92 Å². The van der Waals surface area contributed by atoms with Gasteiger partial charge in [-0.25, -0.2) is 0 Å². The van der Waals surface area contributed by atoms with Gasteiger partial charge in [-0.3, -0.25) is 10.1 Å². The molecule has 1 saturated heterocycles. The number of nitro groups is 1. The quantitative estimate of drug-likeness (QED) is 0.642. The summed E-state index contributed by atoms with van der Waals surface area (Å²) in [4.78, 5) is 21.0. The third-order valence-corrected chi connectivity index (χ3v) is 3.77. The molecule has 3 rings (SSSR count). The van der Waals surface area contributed by atoms with E-state index >= 15 is 0 Å². The molecular weight excluding hydrogens is 296 g/mol. The van der Waals surface area contributed by atoms with Crippen LogP contribution >= 0.6 is 0 Å². The molecule has 0 amide bonds. The second-order valence-electron chi connectivity index (χ2n) is 5.40. The monoisotopic (exact) mass is 314 g/mol. The summed E-state index contributed by atoms with van der Waals surface area (Å²) in [5.41, 5.74) is 6.65. The highest BCUT2D eigenvalue weighted by molar-refractivity contribution is 5.71. The van der Waals surface area contributed by atoms with E-state index in [1.807, 2.05) is 35.2 Å². The Labute approximate surface area is 133 Å². The lowest BCUT2D eigenvalue weighted by atomic mass is 10.2. The first kappa shape index (κ1) is 15.0. The Morgan fingerprint density at radius 2 is 1.91 bits per heavy atom. The Morgan fingerprint density at radius 3 is 2.57 bits per heavy atom. The van der Waals surface area contributed by atoms with Crippen LogP contribution in [0.2, 0.25) is 0 Å².